The molecule has 3 nitrogen and oxygen atoms in total. The quantitative estimate of drug-likeness (QED) is 0.849. The summed E-state index contributed by atoms with van der Waals surface area (Å²) >= 11 is 10.8. The van der Waals surface area contributed by atoms with Gasteiger partial charge in [0.05, 0.1) is 6.42 Å². The van der Waals surface area contributed by atoms with E-state index in [-0.39, 0.29) is 5.91 Å². The number of anilines is 1. The van der Waals surface area contributed by atoms with Gasteiger partial charge in [-0.3, -0.25) is 4.79 Å². The van der Waals surface area contributed by atoms with E-state index < -0.39 is 0 Å². The topological polar surface area (TPSA) is 55.1 Å². The van der Waals surface area contributed by atoms with Gasteiger partial charge in [-0.2, -0.15) is 0 Å². The van der Waals surface area contributed by atoms with Gasteiger partial charge in [-0.15, -0.1) is 0 Å². The number of amides is 1. The summed E-state index contributed by atoms with van der Waals surface area (Å²) in [7, 11) is 0. The molecule has 21 heavy (non-hydrogen) atoms. The number of rotatable bonds is 4. The van der Waals surface area contributed by atoms with Crippen LogP contribution < -0.4 is 11.1 Å². The monoisotopic (exact) mass is 318 g/mol. The van der Waals surface area contributed by atoms with Crippen LogP contribution in [0.4, 0.5) is 5.69 Å². The van der Waals surface area contributed by atoms with Crippen LogP contribution in [0.2, 0.25) is 5.02 Å². The van der Waals surface area contributed by atoms with Gasteiger partial charge in [0.25, 0.3) is 0 Å². The lowest BCUT2D eigenvalue weighted by Crippen LogP contribution is -2.15. The molecular weight excluding hydrogens is 304 g/mol. The maximum Gasteiger partial charge on any atom is 0.228 e. The zero-order chi connectivity index (χ0) is 15.4. The number of benzene rings is 2. The van der Waals surface area contributed by atoms with Crippen LogP contribution in [0.5, 0.6) is 0 Å². The molecule has 3 N–H and O–H groups in total. The zero-order valence-electron chi connectivity index (χ0n) is 11.5. The molecule has 0 bridgehead atoms. The Morgan fingerprint density at radius 3 is 2.48 bits per heavy atom. The summed E-state index contributed by atoms with van der Waals surface area (Å²) in [5.74, 6) is -0.0801. The fourth-order valence-corrected chi connectivity index (χ4v) is 2.30. The Labute approximate surface area is 134 Å². The SMILES string of the molecule is Cc1cc(Cl)ccc1NC(=O)Cc1ccc(C(N)=S)cc1. The van der Waals surface area contributed by atoms with E-state index in [2.05, 4.69) is 5.32 Å². The molecule has 0 saturated carbocycles. The molecule has 0 aliphatic carbocycles. The standard InChI is InChI=1S/C16H15ClN2OS/c1-10-8-13(17)6-7-14(10)19-15(20)9-11-2-4-12(5-3-11)16(18)21/h2-8H,9H2,1H3,(H2,18,21)(H,19,20). The van der Waals surface area contributed by atoms with Gasteiger partial charge in [-0.1, -0.05) is 48.1 Å². The highest BCUT2D eigenvalue weighted by molar-refractivity contribution is 7.80. The van der Waals surface area contributed by atoms with Crippen molar-refractivity contribution >= 4 is 40.4 Å². The third kappa shape index (κ3) is 4.28. The number of halogens is 1. The van der Waals surface area contributed by atoms with Gasteiger partial charge in [0.2, 0.25) is 5.91 Å². The molecule has 0 saturated heterocycles. The second-order valence-electron chi connectivity index (χ2n) is 4.75. The number of nitrogens with one attached hydrogen (secondary N) is 1. The lowest BCUT2D eigenvalue weighted by atomic mass is 10.1. The first-order valence-electron chi connectivity index (χ1n) is 6.40. The van der Waals surface area contributed by atoms with Crippen LogP contribution >= 0.6 is 23.8 Å². The smallest absolute Gasteiger partial charge is 0.228 e. The van der Waals surface area contributed by atoms with E-state index in [0.29, 0.717) is 16.4 Å². The molecule has 0 aliphatic heterocycles. The predicted octanol–water partition coefficient (Wildman–Crippen LogP) is 3.46. The lowest BCUT2D eigenvalue weighted by molar-refractivity contribution is -0.115. The molecular formula is C16H15ClN2OS. The highest BCUT2D eigenvalue weighted by atomic mass is 35.5. The average Bonchev–Trinajstić information content (AvgIpc) is 2.42. The molecule has 2 aromatic carbocycles. The number of nitrogens with two attached hydrogens (primary N) is 1. The van der Waals surface area contributed by atoms with Crippen LogP contribution in [0.15, 0.2) is 42.5 Å². The van der Waals surface area contributed by atoms with E-state index in [9.17, 15) is 4.79 Å². The largest absolute Gasteiger partial charge is 0.389 e. The Balaban J connectivity index is 2.02. The van der Waals surface area contributed by atoms with Gasteiger partial charge in [0.1, 0.15) is 4.99 Å². The van der Waals surface area contributed by atoms with E-state index >= 15 is 0 Å². The molecule has 108 valence electrons. The zero-order valence-corrected chi connectivity index (χ0v) is 13.1. The minimum Gasteiger partial charge on any atom is -0.389 e. The van der Waals surface area contributed by atoms with Gasteiger partial charge in [0, 0.05) is 16.3 Å². The Morgan fingerprint density at radius 2 is 1.90 bits per heavy atom. The van der Waals surface area contributed by atoms with Crippen molar-refractivity contribution in [1.82, 2.24) is 0 Å². The second-order valence-corrected chi connectivity index (χ2v) is 5.62. The predicted molar refractivity (Wildman–Crippen MR) is 90.9 cm³/mol. The average molecular weight is 319 g/mol. The van der Waals surface area contributed by atoms with E-state index in [1.807, 2.05) is 37.3 Å². The van der Waals surface area contributed by atoms with Crippen molar-refractivity contribution in [2.24, 2.45) is 5.73 Å². The van der Waals surface area contributed by atoms with Crippen LogP contribution in [-0.2, 0) is 11.2 Å². The van der Waals surface area contributed by atoms with Crippen molar-refractivity contribution in [2.75, 3.05) is 5.32 Å². The van der Waals surface area contributed by atoms with Crippen molar-refractivity contribution in [2.45, 2.75) is 13.3 Å². The molecule has 0 unspecified atom stereocenters. The van der Waals surface area contributed by atoms with Gasteiger partial charge < -0.3 is 11.1 Å². The van der Waals surface area contributed by atoms with Gasteiger partial charge in [0.15, 0.2) is 0 Å². The minimum atomic E-state index is -0.0801. The second kappa shape index (κ2) is 6.70. The van der Waals surface area contributed by atoms with Crippen molar-refractivity contribution in [3.63, 3.8) is 0 Å². The molecule has 5 heteroatoms. The summed E-state index contributed by atoms with van der Waals surface area (Å²) in [5, 5.41) is 3.53. The van der Waals surface area contributed by atoms with Crippen LogP contribution in [0, 0.1) is 6.92 Å². The van der Waals surface area contributed by atoms with Gasteiger partial charge in [-0.05, 0) is 36.2 Å². The van der Waals surface area contributed by atoms with Crippen molar-refractivity contribution < 1.29 is 4.79 Å². The molecule has 0 aromatic heterocycles. The lowest BCUT2D eigenvalue weighted by Gasteiger charge is -2.09. The molecule has 0 aliphatic rings. The molecule has 0 atom stereocenters. The third-order valence-corrected chi connectivity index (χ3v) is 3.54. The van der Waals surface area contributed by atoms with Crippen molar-refractivity contribution in [3.05, 3.63) is 64.2 Å². The van der Waals surface area contributed by atoms with Crippen LogP contribution in [0.3, 0.4) is 0 Å². The molecule has 0 heterocycles. The molecule has 0 radical (unpaired) electrons. The summed E-state index contributed by atoms with van der Waals surface area (Å²) in [6.45, 7) is 1.90. The molecule has 0 fully saturated rings. The maximum absolute atomic E-state index is 12.0. The molecule has 1 amide bonds. The summed E-state index contributed by atoms with van der Waals surface area (Å²) in [6.07, 6.45) is 0.291. The Kier molecular flexibility index (Phi) is 4.94. The van der Waals surface area contributed by atoms with Gasteiger partial charge in [-0.25, -0.2) is 0 Å². The Bertz CT molecular complexity index is 683. The summed E-state index contributed by atoms with van der Waals surface area (Å²) < 4.78 is 0. The first kappa shape index (κ1) is 15.5. The maximum atomic E-state index is 12.0. The first-order chi connectivity index (χ1) is 9.95. The Hall–Kier alpha value is -1.91. The van der Waals surface area contributed by atoms with E-state index in [1.165, 1.54) is 0 Å². The fourth-order valence-electron chi connectivity index (χ4n) is 1.93. The Morgan fingerprint density at radius 1 is 1.24 bits per heavy atom. The van der Waals surface area contributed by atoms with Crippen LogP contribution in [0.25, 0.3) is 0 Å². The van der Waals surface area contributed by atoms with E-state index in [4.69, 9.17) is 29.6 Å². The van der Waals surface area contributed by atoms with Crippen LogP contribution in [-0.4, -0.2) is 10.9 Å². The van der Waals surface area contributed by atoms with Crippen molar-refractivity contribution in [1.29, 1.82) is 0 Å². The molecule has 2 rings (SSSR count). The number of carbonyl (C=O) groups is 1. The highest BCUT2D eigenvalue weighted by Gasteiger charge is 2.07. The molecule has 0 spiro atoms. The van der Waals surface area contributed by atoms with E-state index in [1.54, 1.807) is 12.1 Å². The first-order valence-corrected chi connectivity index (χ1v) is 7.19. The summed E-state index contributed by atoms with van der Waals surface area (Å²) in [5.41, 5.74) is 8.93. The van der Waals surface area contributed by atoms with E-state index in [0.717, 1.165) is 22.4 Å². The highest BCUT2D eigenvalue weighted by Crippen LogP contribution is 2.19. The van der Waals surface area contributed by atoms with Gasteiger partial charge >= 0.3 is 0 Å². The number of hydrogen-bond acceptors (Lipinski definition) is 2. The minimum absolute atomic E-state index is 0.0801. The normalized spacial score (nSPS) is 10.2. The van der Waals surface area contributed by atoms with Crippen LogP contribution in [0.1, 0.15) is 16.7 Å². The number of carbonyl (C=O) groups excluding carboxylic acids is 1. The summed E-state index contributed by atoms with van der Waals surface area (Å²) in [6, 6.07) is 12.7. The summed E-state index contributed by atoms with van der Waals surface area (Å²) in [4.78, 5) is 12.4. The number of hydrogen-bond donors (Lipinski definition) is 2. The number of thiocarbonyl (C=S) groups is 1. The third-order valence-electron chi connectivity index (χ3n) is 3.07. The fraction of sp³-hybridized carbons (Fsp3) is 0.125. The molecule has 2 aromatic rings. The number of aryl methyl sites for hydroxylation is 1. The van der Waals surface area contributed by atoms with Crippen molar-refractivity contribution in [3.8, 4) is 0 Å².